The highest BCUT2D eigenvalue weighted by molar-refractivity contribution is 7.99. The molecule has 0 heterocycles. The number of benzene rings is 2. The van der Waals surface area contributed by atoms with Crippen molar-refractivity contribution in [2.24, 2.45) is 5.73 Å². The van der Waals surface area contributed by atoms with Crippen LogP contribution in [0.25, 0.3) is 0 Å². The van der Waals surface area contributed by atoms with Crippen LogP contribution in [0.15, 0.2) is 53.4 Å². The topological polar surface area (TPSA) is 26.0 Å². The van der Waals surface area contributed by atoms with E-state index in [0.29, 0.717) is 0 Å². The number of hydrogen-bond acceptors (Lipinski definition) is 2. The molecule has 2 aromatic rings. The molecule has 1 nitrogen and oxygen atoms in total. The lowest BCUT2D eigenvalue weighted by atomic mass is 10.1. The van der Waals surface area contributed by atoms with Gasteiger partial charge < -0.3 is 5.73 Å². The molecule has 0 amide bonds. The van der Waals surface area contributed by atoms with Gasteiger partial charge in [0.2, 0.25) is 0 Å². The molecule has 0 saturated carbocycles. The van der Waals surface area contributed by atoms with E-state index < -0.39 is 0 Å². The van der Waals surface area contributed by atoms with Crippen molar-refractivity contribution in [2.45, 2.75) is 24.3 Å². The molecule has 3 heteroatoms. The molecule has 0 fully saturated rings. The van der Waals surface area contributed by atoms with Crippen LogP contribution in [0, 0.1) is 12.7 Å². The Balaban J connectivity index is 1.82. The van der Waals surface area contributed by atoms with E-state index in [4.69, 9.17) is 5.73 Å². The zero-order valence-electron chi connectivity index (χ0n) is 11.0. The van der Waals surface area contributed by atoms with E-state index in [1.54, 1.807) is 23.9 Å². The molecule has 0 aliphatic heterocycles. The van der Waals surface area contributed by atoms with Crippen LogP contribution >= 0.6 is 11.8 Å². The molecule has 0 aromatic heterocycles. The van der Waals surface area contributed by atoms with Gasteiger partial charge in [0.25, 0.3) is 0 Å². The minimum atomic E-state index is -0.202. The molecule has 1 atom stereocenters. The highest BCUT2D eigenvalue weighted by atomic mass is 32.2. The fourth-order valence-electron chi connectivity index (χ4n) is 1.82. The van der Waals surface area contributed by atoms with Crippen molar-refractivity contribution in [3.05, 3.63) is 65.5 Å². The number of thioether (sulfide) groups is 1. The molecule has 0 bridgehead atoms. The maximum atomic E-state index is 12.8. The van der Waals surface area contributed by atoms with Crippen LogP contribution in [0.4, 0.5) is 4.39 Å². The summed E-state index contributed by atoms with van der Waals surface area (Å²) in [6, 6.07) is 15.1. The molecule has 100 valence electrons. The van der Waals surface area contributed by atoms with Crippen molar-refractivity contribution in [1.29, 1.82) is 0 Å². The Morgan fingerprint density at radius 1 is 1.05 bits per heavy atom. The predicted octanol–water partition coefficient (Wildman–Crippen LogP) is 3.80. The SMILES string of the molecule is Cc1ccc(SCC(N)Cc2ccc(F)cc2)cc1. The van der Waals surface area contributed by atoms with Gasteiger partial charge in [-0.05, 0) is 43.2 Å². The van der Waals surface area contributed by atoms with Crippen LogP contribution in [-0.2, 0) is 6.42 Å². The number of nitrogens with two attached hydrogens (primary N) is 1. The zero-order valence-corrected chi connectivity index (χ0v) is 11.8. The maximum absolute atomic E-state index is 12.8. The Kier molecular flexibility index (Phi) is 5.00. The first-order valence-corrected chi connectivity index (χ1v) is 7.31. The third-order valence-electron chi connectivity index (χ3n) is 2.90. The lowest BCUT2D eigenvalue weighted by Crippen LogP contribution is -2.25. The molecule has 0 saturated heterocycles. The number of rotatable bonds is 5. The van der Waals surface area contributed by atoms with Gasteiger partial charge in [0.1, 0.15) is 5.82 Å². The smallest absolute Gasteiger partial charge is 0.123 e. The summed E-state index contributed by atoms with van der Waals surface area (Å²) in [6.07, 6.45) is 0.777. The van der Waals surface area contributed by atoms with Crippen molar-refractivity contribution in [2.75, 3.05) is 5.75 Å². The summed E-state index contributed by atoms with van der Waals surface area (Å²) >= 11 is 1.76. The summed E-state index contributed by atoms with van der Waals surface area (Å²) in [7, 11) is 0. The van der Waals surface area contributed by atoms with Crippen LogP contribution in [-0.4, -0.2) is 11.8 Å². The lowest BCUT2D eigenvalue weighted by Gasteiger charge is -2.11. The van der Waals surface area contributed by atoms with Crippen LogP contribution in [0.1, 0.15) is 11.1 Å². The molecular weight excluding hydrogens is 257 g/mol. The van der Waals surface area contributed by atoms with Gasteiger partial charge in [0.05, 0.1) is 0 Å². The molecular formula is C16H18FNS. The largest absolute Gasteiger partial charge is 0.327 e. The number of aryl methyl sites for hydroxylation is 1. The van der Waals surface area contributed by atoms with E-state index >= 15 is 0 Å². The quantitative estimate of drug-likeness (QED) is 0.840. The van der Waals surface area contributed by atoms with Crippen molar-refractivity contribution in [3.8, 4) is 0 Å². The van der Waals surface area contributed by atoms with E-state index in [1.807, 2.05) is 0 Å². The van der Waals surface area contributed by atoms with Gasteiger partial charge in [-0.3, -0.25) is 0 Å². The average Bonchev–Trinajstić information content (AvgIpc) is 2.41. The highest BCUT2D eigenvalue weighted by Gasteiger charge is 2.05. The second-order valence-electron chi connectivity index (χ2n) is 4.71. The summed E-state index contributed by atoms with van der Waals surface area (Å²) in [4.78, 5) is 1.24. The molecule has 0 spiro atoms. The van der Waals surface area contributed by atoms with Gasteiger partial charge in [0.15, 0.2) is 0 Å². The van der Waals surface area contributed by atoms with Crippen molar-refractivity contribution >= 4 is 11.8 Å². The molecule has 0 aliphatic rings. The molecule has 2 N–H and O–H groups in total. The minimum absolute atomic E-state index is 0.0803. The fourth-order valence-corrected chi connectivity index (χ4v) is 2.67. The van der Waals surface area contributed by atoms with Crippen molar-refractivity contribution in [1.82, 2.24) is 0 Å². The first-order valence-electron chi connectivity index (χ1n) is 6.33. The van der Waals surface area contributed by atoms with Gasteiger partial charge in [-0.15, -0.1) is 11.8 Å². The third kappa shape index (κ3) is 4.69. The predicted molar refractivity (Wildman–Crippen MR) is 80.0 cm³/mol. The minimum Gasteiger partial charge on any atom is -0.327 e. The average molecular weight is 275 g/mol. The molecule has 2 rings (SSSR count). The summed E-state index contributed by atoms with van der Waals surface area (Å²) in [5.41, 5.74) is 8.45. The van der Waals surface area contributed by atoms with Crippen molar-refractivity contribution < 1.29 is 4.39 Å². The molecule has 0 radical (unpaired) electrons. The molecule has 19 heavy (non-hydrogen) atoms. The Morgan fingerprint density at radius 2 is 1.68 bits per heavy atom. The van der Waals surface area contributed by atoms with E-state index in [0.717, 1.165) is 17.7 Å². The Hall–Kier alpha value is -1.32. The van der Waals surface area contributed by atoms with Gasteiger partial charge in [-0.2, -0.15) is 0 Å². The zero-order chi connectivity index (χ0) is 13.7. The third-order valence-corrected chi connectivity index (χ3v) is 4.10. The number of hydrogen-bond donors (Lipinski definition) is 1. The fraction of sp³-hybridized carbons (Fsp3) is 0.250. The first kappa shape index (κ1) is 14.1. The second kappa shape index (κ2) is 6.73. The van der Waals surface area contributed by atoms with Crippen LogP contribution < -0.4 is 5.73 Å². The monoisotopic (exact) mass is 275 g/mol. The van der Waals surface area contributed by atoms with Crippen LogP contribution in [0.5, 0.6) is 0 Å². The second-order valence-corrected chi connectivity index (χ2v) is 5.81. The summed E-state index contributed by atoms with van der Waals surface area (Å²) < 4.78 is 12.8. The Morgan fingerprint density at radius 3 is 2.32 bits per heavy atom. The van der Waals surface area contributed by atoms with Crippen molar-refractivity contribution in [3.63, 3.8) is 0 Å². The van der Waals surface area contributed by atoms with Gasteiger partial charge in [-0.25, -0.2) is 4.39 Å². The summed E-state index contributed by atoms with van der Waals surface area (Å²) in [5.74, 6) is 0.659. The highest BCUT2D eigenvalue weighted by Crippen LogP contribution is 2.19. The Bertz CT molecular complexity index is 507. The normalized spacial score (nSPS) is 12.4. The van der Waals surface area contributed by atoms with E-state index in [1.165, 1.54) is 22.6 Å². The molecule has 2 aromatic carbocycles. The number of halogens is 1. The first-order chi connectivity index (χ1) is 9.13. The van der Waals surface area contributed by atoms with Gasteiger partial charge in [0, 0.05) is 16.7 Å². The van der Waals surface area contributed by atoms with Crippen LogP contribution in [0.3, 0.4) is 0 Å². The van der Waals surface area contributed by atoms with E-state index in [-0.39, 0.29) is 11.9 Å². The lowest BCUT2D eigenvalue weighted by molar-refractivity contribution is 0.626. The standard InChI is InChI=1S/C16H18FNS/c1-12-2-8-16(9-3-12)19-11-15(18)10-13-4-6-14(17)7-5-13/h2-9,15H,10-11,18H2,1H3. The molecule has 1 unspecified atom stereocenters. The van der Waals surface area contributed by atoms with E-state index in [2.05, 4.69) is 31.2 Å². The van der Waals surface area contributed by atoms with E-state index in [9.17, 15) is 4.39 Å². The summed E-state index contributed by atoms with van der Waals surface area (Å²) in [6.45, 7) is 2.08. The summed E-state index contributed by atoms with van der Waals surface area (Å²) in [5, 5.41) is 0. The maximum Gasteiger partial charge on any atom is 0.123 e. The van der Waals surface area contributed by atoms with Crippen LogP contribution in [0.2, 0.25) is 0 Å². The molecule has 0 aliphatic carbocycles. The van der Waals surface area contributed by atoms with Gasteiger partial charge in [-0.1, -0.05) is 29.8 Å². The van der Waals surface area contributed by atoms with Gasteiger partial charge >= 0.3 is 0 Å². The Labute approximate surface area is 118 Å².